The molecule has 0 atom stereocenters. The first-order chi connectivity index (χ1) is 2.41. The Morgan fingerprint density at radius 3 is 1.20 bits per heavy atom. The van der Waals surface area contributed by atoms with Crippen molar-refractivity contribution in [3.8, 4) is 0 Å². The number of hydrogen-bond donors (Lipinski definition) is 2. The van der Waals surface area contributed by atoms with E-state index in [0.717, 1.165) is 0 Å². The van der Waals surface area contributed by atoms with Gasteiger partial charge in [0.25, 0.3) is 0 Å². The van der Waals surface area contributed by atoms with Crippen molar-refractivity contribution in [3.63, 3.8) is 0 Å². The predicted octanol–water partition coefficient (Wildman–Crippen LogP) is 1.31. The van der Waals surface area contributed by atoms with Crippen LogP contribution in [0.3, 0.4) is 0 Å². The molecule has 5 heteroatoms. The van der Waals surface area contributed by atoms with Gasteiger partial charge in [-0.25, -0.2) is 0 Å². The maximum absolute atomic E-state index is 6.00. The van der Waals surface area contributed by atoms with Gasteiger partial charge in [-0.05, 0) is 0 Å². The summed E-state index contributed by atoms with van der Waals surface area (Å²) in [6.45, 7) is 0. The van der Waals surface area contributed by atoms with Gasteiger partial charge in [-0.15, -0.1) is 0 Å². The molecule has 0 aliphatic heterocycles. The Labute approximate surface area is 45.2 Å². The Kier molecular flexibility index (Phi) is 37.1. The van der Waals surface area contributed by atoms with Crippen molar-refractivity contribution in [1.29, 1.82) is 0 Å². The molecule has 0 aliphatic carbocycles. The van der Waals surface area contributed by atoms with E-state index in [1.165, 1.54) is 0 Å². The molecular weight excluding hydrogens is 291 g/mol. The van der Waals surface area contributed by atoms with Crippen LogP contribution < -0.4 is 0 Å². The molecule has 0 amide bonds. The van der Waals surface area contributed by atoms with Crippen LogP contribution in [0.1, 0.15) is 0 Å². The van der Waals surface area contributed by atoms with E-state index in [1.807, 2.05) is 0 Å². The van der Waals surface area contributed by atoms with Crippen LogP contribution in [0.25, 0.3) is 0 Å². The van der Waals surface area contributed by atoms with Crippen LogP contribution in [0.15, 0.2) is 0 Å². The van der Waals surface area contributed by atoms with Gasteiger partial charge in [-0.1, -0.05) is 0 Å². The maximum atomic E-state index is 6.00. The van der Waals surface area contributed by atoms with Crippen LogP contribution in [-0.4, -0.2) is 10.5 Å². The average molecular weight is 293 g/mol. The van der Waals surface area contributed by atoms with Crippen molar-refractivity contribution in [2.24, 2.45) is 0 Å². The molecule has 0 radical (unpaired) electrons. The quantitative estimate of drug-likeness (QED) is 0.522. The van der Waals surface area contributed by atoms with E-state index in [4.69, 9.17) is 10.5 Å². The van der Waals surface area contributed by atoms with Gasteiger partial charge in [0.1, 0.15) is 0 Å². The van der Waals surface area contributed by atoms with E-state index >= 15 is 0 Å². The Hall–Kier alpha value is 1.05. The van der Waals surface area contributed by atoms with E-state index in [-0.39, 0.29) is 14.9 Å². The van der Waals surface area contributed by atoms with Gasteiger partial charge in [0, 0.05) is 0 Å². The average Bonchev–Trinajstić information content (AvgIpc) is 1.46. The summed E-state index contributed by atoms with van der Waals surface area (Å²) in [7, 11) is 8.64. The Morgan fingerprint density at radius 2 is 1.20 bits per heavy atom. The molecule has 2 nitrogen and oxygen atoms in total. The van der Waals surface area contributed by atoms with Gasteiger partial charge in [0.2, 0.25) is 0 Å². The minimum atomic E-state index is -0.250. The molecular formula is H2O2PtS2. The van der Waals surface area contributed by atoms with Crippen molar-refractivity contribution in [3.05, 3.63) is 0 Å². The Bertz CT molecular complexity index is 28.6. The van der Waals surface area contributed by atoms with Crippen LogP contribution in [-0.2, 0) is 14.9 Å². The Balaban J connectivity index is 0. The predicted molar refractivity (Wildman–Crippen MR) is 20.4 cm³/mol. The second kappa shape index (κ2) is 19.7. The fourth-order valence-electron chi connectivity index (χ4n) is 0. The molecule has 0 unspecified atom stereocenters. The van der Waals surface area contributed by atoms with Gasteiger partial charge < -0.3 is 0 Å². The summed E-state index contributed by atoms with van der Waals surface area (Å²) < 4.78 is 0. The molecule has 2 N–H and O–H groups in total. The van der Waals surface area contributed by atoms with Crippen molar-refractivity contribution in [2.45, 2.75) is 0 Å². The summed E-state index contributed by atoms with van der Waals surface area (Å²) in [5, 5.41) is 12.0. The normalized spacial score (nSPS) is 5.20. The zero-order chi connectivity index (χ0) is 4.71. The standard InChI is InChI=1S/H2O2.Pt.2S/c1-2;;;/h1-2H;;;. The Morgan fingerprint density at radius 1 is 1.20 bits per heavy atom. The van der Waals surface area contributed by atoms with Crippen molar-refractivity contribution in [2.75, 3.05) is 0 Å². The molecule has 0 aromatic rings. The van der Waals surface area contributed by atoms with Crippen LogP contribution >= 0.6 is 19.6 Å². The molecule has 0 aliphatic rings. The first-order valence-corrected chi connectivity index (χ1v) is 6.54. The van der Waals surface area contributed by atoms with Crippen LogP contribution in [0.4, 0.5) is 0 Å². The first kappa shape index (κ1) is 9.41. The third kappa shape index (κ3) is 42.7. The molecule has 0 saturated heterocycles. The second-order valence-electron chi connectivity index (χ2n) is 0.0527. The number of hydrogen-bond acceptors (Lipinski definition) is 4. The molecule has 0 bridgehead atoms. The molecule has 0 saturated carbocycles. The summed E-state index contributed by atoms with van der Waals surface area (Å²) in [5.41, 5.74) is 0. The minimum absolute atomic E-state index is 0.250. The summed E-state index contributed by atoms with van der Waals surface area (Å²) in [6.07, 6.45) is 0. The number of rotatable bonds is 0. The third-order valence-corrected chi connectivity index (χ3v) is 0. The van der Waals surface area contributed by atoms with E-state index in [1.54, 1.807) is 0 Å². The monoisotopic (exact) mass is 293 g/mol. The SMILES string of the molecule is OO.[S]=[Pt]=[S]. The van der Waals surface area contributed by atoms with Gasteiger partial charge in [0.05, 0.1) is 0 Å². The zero-order valence-electron chi connectivity index (χ0n) is 2.03. The van der Waals surface area contributed by atoms with Crippen LogP contribution in [0.2, 0.25) is 0 Å². The second-order valence-corrected chi connectivity index (χ2v) is 3.88. The summed E-state index contributed by atoms with van der Waals surface area (Å²) >= 11 is -0.250. The van der Waals surface area contributed by atoms with E-state index < -0.39 is 0 Å². The van der Waals surface area contributed by atoms with Gasteiger partial charge in [0.15, 0.2) is 0 Å². The molecule has 0 aromatic heterocycles. The summed E-state index contributed by atoms with van der Waals surface area (Å²) in [6, 6.07) is 0. The van der Waals surface area contributed by atoms with Crippen LogP contribution in [0.5, 0.6) is 0 Å². The van der Waals surface area contributed by atoms with Crippen LogP contribution in [0, 0.1) is 0 Å². The van der Waals surface area contributed by atoms with Gasteiger partial charge in [-0.2, -0.15) is 0 Å². The van der Waals surface area contributed by atoms with Gasteiger partial charge >= 0.3 is 34.6 Å². The van der Waals surface area contributed by atoms with Crippen molar-refractivity contribution >= 4 is 19.6 Å². The fourth-order valence-corrected chi connectivity index (χ4v) is 0. The molecule has 0 fully saturated rings. The van der Waals surface area contributed by atoms with E-state index in [9.17, 15) is 0 Å². The van der Waals surface area contributed by atoms with E-state index in [2.05, 4.69) is 19.6 Å². The molecule has 0 heterocycles. The first-order valence-electron chi connectivity index (χ1n) is 0.458. The molecule has 0 spiro atoms. The topological polar surface area (TPSA) is 40.5 Å². The summed E-state index contributed by atoms with van der Waals surface area (Å²) in [4.78, 5) is 0. The third-order valence-electron chi connectivity index (χ3n) is 0. The molecule has 5 heavy (non-hydrogen) atoms. The molecule has 36 valence electrons. The zero-order valence-corrected chi connectivity index (χ0v) is 5.93. The van der Waals surface area contributed by atoms with E-state index in [0.29, 0.717) is 0 Å². The summed E-state index contributed by atoms with van der Waals surface area (Å²) in [5.74, 6) is 0. The molecule has 0 rings (SSSR count). The van der Waals surface area contributed by atoms with Crippen molar-refractivity contribution < 1.29 is 25.4 Å². The fraction of sp³-hybridized carbons (Fsp3) is 0. The van der Waals surface area contributed by atoms with Gasteiger partial charge in [-0.3, -0.25) is 10.5 Å². The van der Waals surface area contributed by atoms with Crippen molar-refractivity contribution in [1.82, 2.24) is 0 Å². The molecule has 0 aromatic carbocycles.